The molecule has 1 rings (SSSR count). The third kappa shape index (κ3) is 2.43. The molecule has 64 valence electrons. The molecule has 0 bridgehead atoms. The molecule has 0 amide bonds. The molecule has 1 aromatic rings. The van der Waals surface area contributed by atoms with Crippen LogP contribution in [0.2, 0.25) is 0 Å². The summed E-state index contributed by atoms with van der Waals surface area (Å²) in [7, 11) is 0. The van der Waals surface area contributed by atoms with Crippen molar-refractivity contribution < 1.29 is 9.50 Å². The maximum absolute atomic E-state index is 12.6. The molecule has 0 saturated carbocycles. The van der Waals surface area contributed by atoms with Crippen molar-refractivity contribution in [2.24, 2.45) is 0 Å². The van der Waals surface area contributed by atoms with Crippen LogP contribution in [0.25, 0.3) is 6.08 Å². The van der Waals surface area contributed by atoms with Gasteiger partial charge in [-0.25, -0.2) is 4.39 Å². The molecule has 1 N–H and O–H groups in total. The number of aliphatic hydroxyl groups excluding tert-OH is 1. The lowest BCUT2D eigenvalue weighted by molar-refractivity contribution is 0.343. The van der Waals surface area contributed by atoms with E-state index in [1.54, 1.807) is 18.2 Å². The lowest BCUT2D eigenvalue weighted by atomic mass is 10.2. The van der Waals surface area contributed by atoms with E-state index in [0.29, 0.717) is 4.47 Å². The molecule has 3 heteroatoms. The fourth-order valence-electron chi connectivity index (χ4n) is 0.816. The van der Waals surface area contributed by atoms with Gasteiger partial charge in [0.2, 0.25) is 0 Å². The Bertz CT molecular complexity index is 297. The van der Waals surface area contributed by atoms with E-state index in [2.05, 4.69) is 15.9 Å². The van der Waals surface area contributed by atoms with Crippen LogP contribution in [0.5, 0.6) is 0 Å². The van der Waals surface area contributed by atoms with E-state index in [1.165, 1.54) is 12.1 Å². The van der Waals surface area contributed by atoms with E-state index in [1.807, 2.05) is 0 Å². The Morgan fingerprint density at radius 2 is 2.25 bits per heavy atom. The molecule has 0 aliphatic heterocycles. The second-order valence-electron chi connectivity index (χ2n) is 2.25. The van der Waals surface area contributed by atoms with Crippen LogP contribution in [-0.4, -0.2) is 11.7 Å². The highest BCUT2D eigenvalue weighted by Crippen LogP contribution is 2.18. The Hall–Kier alpha value is -0.670. The van der Waals surface area contributed by atoms with Crippen molar-refractivity contribution in [3.63, 3.8) is 0 Å². The predicted octanol–water partition coefficient (Wildman–Crippen LogP) is 2.59. The first kappa shape index (κ1) is 9.42. The van der Waals surface area contributed by atoms with Gasteiger partial charge in [0.15, 0.2) is 0 Å². The average Bonchev–Trinajstić information content (AvgIpc) is 2.03. The first-order valence-electron chi connectivity index (χ1n) is 3.46. The highest BCUT2D eigenvalue weighted by atomic mass is 79.9. The molecule has 0 fully saturated rings. The molecular weight excluding hydrogens is 223 g/mol. The second kappa shape index (κ2) is 4.38. The van der Waals surface area contributed by atoms with Crippen LogP contribution < -0.4 is 0 Å². The Kier molecular flexibility index (Phi) is 3.44. The minimum atomic E-state index is -0.275. The fraction of sp³-hybridized carbons (Fsp3) is 0.111. The van der Waals surface area contributed by atoms with Crippen molar-refractivity contribution in [3.8, 4) is 0 Å². The van der Waals surface area contributed by atoms with E-state index >= 15 is 0 Å². The van der Waals surface area contributed by atoms with Crippen molar-refractivity contribution in [1.82, 2.24) is 0 Å². The van der Waals surface area contributed by atoms with Gasteiger partial charge in [-0.1, -0.05) is 34.1 Å². The molecule has 0 saturated heterocycles. The Balaban J connectivity index is 2.94. The van der Waals surface area contributed by atoms with Crippen LogP contribution in [0.3, 0.4) is 0 Å². The lowest BCUT2D eigenvalue weighted by Crippen LogP contribution is -1.79. The van der Waals surface area contributed by atoms with Gasteiger partial charge in [-0.05, 0) is 17.7 Å². The summed E-state index contributed by atoms with van der Waals surface area (Å²) < 4.78 is 13.3. The van der Waals surface area contributed by atoms with Crippen molar-refractivity contribution in [1.29, 1.82) is 0 Å². The Labute approximate surface area is 78.7 Å². The minimum Gasteiger partial charge on any atom is -0.392 e. The van der Waals surface area contributed by atoms with Gasteiger partial charge >= 0.3 is 0 Å². The summed E-state index contributed by atoms with van der Waals surface area (Å²) in [5.74, 6) is -0.275. The van der Waals surface area contributed by atoms with Gasteiger partial charge in [0.25, 0.3) is 0 Å². The topological polar surface area (TPSA) is 20.2 Å². The van der Waals surface area contributed by atoms with Gasteiger partial charge in [0, 0.05) is 4.47 Å². The van der Waals surface area contributed by atoms with Crippen LogP contribution in [0.1, 0.15) is 5.56 Å². The van der Waals surface area contributed by atoms with Gasteiger partial charge in [0.05, 0.1) is 6.61 Å². The molecule has 0 aliphatic rings. The maximum Gasteiger partial charge on any atom is 0.124 e. The number of hydrogen-bond acceptors (Lipinski definition) is 1. The Morgan fingerprint density at radius 1 is 1.50 bits per heavy atom. The minimum absolute atomic E-state index is 0.0101. The van der Waals surface area contributed by atoms with Crippen molar-refractivity contribution >= 4 is 22.0 Å². The summed E-state index contributed by atoms with van der Waals surface area (Å²) >= 11 is 3.20. The zero-order valence-electron chi connectivity index (χ0n) is 6.30. The van der Waals surface area contributed by atoms with E-state index in [0.717, 1.165) is 5.56 Å². The van der Waals surface area contributed by atoms with Crippen LogP contribution in [0.4, 0.5) is 4.39 Å². The van der Waals surface area contributed by atoms with Gasteiger partial charge < -0.3 is 5.11 Å². The zero-order valence-corrected chi connectivity index (χ0v) is 7.88. The normalized spacial score (nSPS) is 10.9. The van der Waals surface area contributed by atoms with E-state index in [9.17, 15) is 4.39 Å². The standard InChI is InChI=1S/C9H8BrFO/c10-9-6-8(11)4-3-7(9)2-1-5-12/h1-4,6,12H,5H2. The highest BCUT2D eigenvalue weighted by molar-refractivity contribution is 9.10. The highest BCUT2D eigenvalue weighted by Gasteiger charge is 1.96. The number of benzene rings is 1. The maximum atomic E-state index is 12.6. The summed E-state index contributed by atoms with van der Waals surface area (Å²) in [4.78, 5) is 0. The average molecular weight is 231 g/mol. The molecule has 0 radical (unpaired) electrons. The number of halogens is 2. The van der Waals surface area contributed by atoms with Crippen LogP contribution in [0, 0.1) is 5.82 Å². The van der Waals surface area contributed by atoms with Crippen LogP contribution in [0.15, 0.2) is 28.7 Å². The molecule has 0 unspecified atom stereocenters. The smallest absolute Gasteiger partial charge is 0.124 e. The molecule has 0 spiro atoms. The van der Waals surface area contributed by atoms with Crippen molar-refractivity contribution in [3.05, 3.63) is 40.1 Å². The predicted molar refractivity (Wildman–Crippen MR) is 50.2 cm³/mol. The van der Waals surface area contributed by atoms with Crippen LogP contribution in [-0.2, 0) is 0 Å². The molecule has 0 heterocycles. The molecule has 0 aromatic heterocycles. The van der Waals surface area contributed by atoms with Crippen molar-refractivity contribution in [2.75, 3.05) is 6.61 Å². The Morgan fingerprint density at radius 3 is 2.83 bits per heavy atom. The summed E-state index contributed by atoms with van der Waals surface area (Å²) in [6, 6.07) is 4.41. The van der Waals surface area contributed by atoms with Gasteiger partial charge in [-0.15, -0.1) is 0 Å². The van der Waals surface area contributed by atoms with Gasteiger partial charge in [-0.3, -0.25) is 0 Å². The first-order valence-corrected chi connectivity index (χ1v) is 4.26. The summed E-state index contributed by atoms with van der Waals surface area (Å²) in [5, 5.41) is 8.50. The molecule has 0 aliphatic carbocycles. The molecule has 0 atom stereocenters. The number of rotatable bonds is 2. The fourth-order valence-corrected chi connectivity index (χ4v) is 1.30. The third-order valence-corrected chi connectivity index (χ3v) is 2.05. The summed E-state index contributed by atoms with van der Waals surface area (Å²) in [6.45, 7) is -0.0101. The molecule has 1 nitrogen and oxygen atoms in total. The molecule has 12 heavy (non-hydrogen) atoms. The third-order valence-electron chi connectivity index (χ3n) is 1.37. The second-order valence-corrected chi connectivity index (χ2v) is 3.11. The van der Waals surface area contributed by atoms with Crippen LogP contribution >= 0.6 is 15.9 Å². The SMILES string of the molecule is OCC=Cc1ccc(F)cc1Br. The molecule has 1 aromatic carbocycles. The number of hydrogen-bond donors (Lipinski definition) is 1. The monoisotopic (exact) mass is 230 g/mol. The van der Waals surface area contributed by atoms with Crippen molar-refractivity contribution in [2.45, 2.75) is 0 Å². The number of aliphatic hydroxyl groups is 1. The van der Waals surface area contributed by atoms with E-state index in [4.69, 9.17) is 5.11 Å². The summed E-state index contributed by atoms with van der Waals surface area (Å²) in [5.41, 5.74) is 0.852. The lowest BCUT2D eigenvalue weighted by Gasteiger charge is -1.97. The largest absolute Gasteiger partial charge is 0.392 e. The van der Waals surface area contributed by atoms with E-state index in [-0.39, 0.29) is 12.4 Å². The van der Waals surface area contributed by atoms with Gasteiger partial charge in [0.1, 0.15) is 5.82 Å². The quantitative estimate of drug-likeness (QED) is 0.829. The summed E-state index contributed by atoms with van der Waals surface area (Å²) in [6.07, 6.45) is 3.32. The zero-order chi connectivity index (χ0) is 8.97. The first-order chi connectivity index (χ1) is 5.74. The van der Waals surface area contributed by atoms with E-state index < -0.39 is 0 Å². The molecular formula is C9H8BrFO. The van der Waals surface area contributed by atoms with Gasteiger partial charge in [-0.2, -0.15) is 0 Å².